The van der Waals surface area contributed by atoms with Gasteiger partial charge < -0.3 is 18.9 Å². The Kier molecular flexibility index (Phi) is 13.2. The van der Waals surface area contributed by atoms with Crippen molar-refractivity contribution in [1.29, 1.82) is 0 Å². The zero-order valence-corrected chi connectivity index (χ0v) is 24.8. The average Bonchev–Trinajstić information content (AvgIpc) is 3.00. The van der Waals surface area contributed by atoms with Gasteiger partial charge in [-0.3, -0.25) is 4.79 Å². The molecule has 0 heterocycles. The molecule has 0 atom stereocenters. The first kappa shape index (κ1) is 34.6. The predicted molar refractivity (Wildman–Crippen MR) is 167 cm³/mol. The summed E-state index contributed by atoms with van der Waals surface area (Å²) in [6.07, 6.45) is 2.38. The first-order valence-corrected chi connectivity index (χ1v) is 13.0. The van der Waals surface area contributed by atoms with Gasteiger partial charge in [-0.05, 0) is 73.9 Å². The summed E-state index contributed by atoms with van der Waals surface area (Å²) in [6.45, 7) is 15.2. The molecule has 0 saturated carbocycles. The van der Waals surface area contributed by atoms with E-state index in [2.05, 4.69) is 19.7 Å². The minimum atomic E-state index is -2.02. The summed E-state index contributed by atoms with van der Waals surface area (Å²) in [7, 11) is 1.52. The topological polar surface area (TPSA) is 88.1 Å². The number of hydrogen-bond acceptors (Lipinski definition) is 7. The van der Waals surface area contributed by atoms with Crippen LogP contribution in [0.2, 0.25) is 0 Å². The van der Waals surface area contributed by atoms with Crippen molar-refractivity contribution in [2.45, 2.75) is 20.8 Å². The van der Waals surface area contributed by atoms with Crippen LogP contribution in [0, 0.1) is 0 Å². The molecule has 0 N–H and O–H groups in total. The number of hydrogen-bond donors (Lipinski definition) is 0. The molecule has 0 aliphatic rings. The Bertz CT molecular complexity index is 1600. The van der Waals surface area contributed by atoms with E-state index in [-0.39, 0.29) is 22.6 Å². The third-order valence-electron chi connectivity index (χ3n) is 5.43. The highest BCUT2D eigenvalue weighted by Gasteiger charge is 2.16. The Morgan fingerprint density at radius 2 is 1.30 bits per heavy atom. The molecule has 0 aromatic heterocycles. The molecule has 3 aromatic carbocycles. The molecule has 0 spiro atoms. The van der Waals surface area contributed by atoms with Gasteiger partial charge in [-0.1, -0.05) is 56.2 Å². The van der Waals surface area contributed by atoms with Gasteiger partial charge >= 0.3 is 18.0 Å². The zero-order valence-electron chi connectivity index (χ0n) is 24.8. The Hall–Kier alpha value is -5.57. The molecule has 0 aliphatic carbocycles. The molecule has 3 aromatic rings. The van der Waals surface area contributed by atoms with Crippen LogP contribution in [0.15, 0.2) is 109 Å². The van der Waals surface area contributed by atoms with Gasteiger partial charge in [0.15, 0.2) is 6.26 Å². The largest absolute Gasteiger partial charge is 0.497 e. The third kappa shape index (κ3) is 11.0. The second-order valence-corrected chi connectivity index (χ2v) is 9.35. The van der Waals surface area contributed by atoms with E-state index in [1.807, 2.05) is 0 Å². The Morgan fingerprint density at radius 1 is 0.750 bits per heavy atom. The molecule has 0 saturated heterocycles. The van der Waals surface area contributed by atoms with Crippen molar-refractivity contribution in [3.8, 4) is 34.1 Å². The maximum Gasteiger partial charge on any atom is 0.338 e. The van der Waals surface area contributed by atoms with Gasteiger partial charge in [-0.15, -0.1) is 0 Å². The fourth-order valence-electron chi connectivity index (χ4n) is 3.21. The van der Waals surface area contributed by atoms with Crippen molar-refractivity contribution < 1.29 is 42.1 Å². The van der Waals surface area contributed by atoms with E-state index in [1.165, 1.54) is 26.2 Å². The van der Waals surface area contributed by atoms with Gasteiger partial charge in [0.05, 0.1) is 7.11 Å². The maximum absolute atomic E-state index is 12.9. The van der Waals surface area contributed by atoms with Crippen molar-refractivity contribution in [3.05, 3.63) is 121 Å². The van der Waals surface area contributed by atoms with Gasteiger partial charge in [0.1, 0.15) is 29.3 Å². The van der Waals surface area contributed by atoms with Crippen LogP contribution in [0.25, 0.3) is 23.3 Å². The molecule has 228 valence electrons. The number of ether oxygens (including phenoxy) is 4. The lowest BCUT2D eigenvalue weighted by molar-refractivity contribution is -0.130. The summed E-state index contributed by atoms with van der Waals surface area (Å²) < 4.78 is 47.1. The highest BCUT2D eigenvalue weighted by Crippen LogP contribution is 2.38. The second-order valence-electron chi connectivity index (χ2n) is 9.35. The molecule has 0 bridgehead atoms. The number of methoxy groups -OCH3 is 1. The van der Waals surface area contributed by atoms with Crippen molar-refractivity contribution >= 4 is 30.4 Å². The molecule has 3 rings (SSSR count). The van der Waals surface area contributed by atoms with Gasteiger partial charge in [-0.2, -0.15) is 8.78 Å². The van der Waals surface area contributed by atoms with Crippen LogP contribution in [0.5, 0.6) is 23.0 Å². The molecule has 0 radical (unpaired) electrons. The lowest BCUT2D eigenvalue weighted by Crippen LogP contribution is -2.09. The molecular formula is C35H32F2O7. The standard InChI is InChI=1S/C31H26F2O6.C4H6O/c1-19(2)30(34)38-25-12-7-21(8-13-25)6-9-23-16-28(37-18-29(32)33)26(17-27(23)39-31(35)20(3)4)22-10-14-24(36-5)15-11-22;1-4(2)3-5/h6-18H,1,3H2,2,4-5H3;3H,1H2,2H3/b9-6+;. The fraction of sp³-hybridized carbons (Fsp3) is 0.114. The summed E-state index contributed by atoms with van der Waals surface area (Å²) in [5.74, 6) is 0.0161. The fourth-order valence-corrected chi connectivity index (χ4v) is 3.21. The van der Waals surface area contributed by atoms with E-state index >= 15 is 0 Å². The van der Waals surface area contributed by atoms with Crippen LogP contribution in [-0.2, 0) is 14.4 Å². The van der Waals surface area contributed by atoms with E-state index in [1.54, 1.807) is 74.5 Å². The highest BCUT2D eigenvalue weighted by atomic mass is 19.3. The van der Waals surface area contributed by atoms with E-state index in [9.17, 15) is 23.2 Å². The molecular weight excluding hydrogens is 570 g/mol. The quantitative estimate of drug-likeness (QED) is 0.0544. The predicted octanol–water partition coefficient (Wildman–Crippen LogP) is 8.37. The van der Waals surface area contributed by atoms with Crippen molar-refractivity contribution in [3.63, 3.8) is 0 Å². The van der Waals surface area contributed by atoms with Crippen molar-refractivity contribution in [1.82, 2.24) is 0 Å². The number of carbonyl (C=O) groups excluding carboxylic acids is 3. The lowest BCUT2D eigenvalue weighted by Gasteiger charge is -2.15. The first-order valence-electron chi connectivity index (χ1n) is 13.0. The number of rotatable bonds is 11. The van der Waals surface area contributed by atoms with Crippen LogP contribution in [-0.4, -0.2) is 25.3 Å². The Balaban J connectivity index is 0.00000125. The highest BCUT2D eigenvalue weighted by molar-refractivity contribution is 5.91. The molecule has 0 fully saturated rings. The van der Waals surface area contributed by atoms with Crippen LogP contribution in [0.3, 0.4) is 0 Å². The van der Waals surface area contributed by atoms with Gasteiger partial charge in [-0.25, -0.2) is 9.59 Å². The summed E-state index contributed by atoms with van der Waals surface area (Å²) in [5, 5.41) is 0. The van der Waals surface area contributed by atoms with E-state index in [4.69, 9.17) is 18.9 Å². The molecule has 44 heavy (non-hydrogen) atoms. The number of esters is 2. The minimum absolute atomic E-state index is 0.102. The number of carbonyl (C=O) groups is 3. The number of halogens is 2. The molecule has 9 heteroatoms. The van der Waals surface area contributed by atoms with E-state index < -0.39 is 18.0 Å². The van der Waals surface area contributed by atoms with Gasteiger partial charge in [0, 0.05) is 22.3 Å². The maximum atomic E-state index is 12.9. The van der Waals surface area contributed by atoms with Crippen LogP contribution in [0.4, 0.5) is 8.78 Å². The van der Waals surface area contributed by atoms with Crippen LogP contribution >= 0.6 is 0 Å². The van der Waals surface area contributed by atoms with Crippen LogP contribution in [0.1, 0.15) is 31.9 Å². The summed E-state index contributed by atoms with van der Waals surface area (Å²) in [4.78, 5) is 33.5. The van der Waals surface area contributed by atoms with Gasteiger partial charge in [0.2, 0.25) is 0 Å². The van der Waals surface area contributed by atoms with E-state index in [0.29, 0.717) is 40.0 Å². The number of benzene rings is 3. The summed E-state index contributed by atoms with van der Waals surface area (Å²) >= 11 is 0. The minimum Gasteiger partial charge on any atom is -0.497 e. The number of aldehydes is 1. The average molecular weight is 603 g/mol. The normalized spacial score (nSPS) is 10.0. The Morgan fingerprint density at radius 3 is 1.80 bits per heavy atom. The smallest absolute Gasteiger partial charge is 0.338 e. The first-order chi connectivity index (χ1) is 20.8. The zero-order chi connectivity index (χ0) is 32.8. The van der Waals surface area contributed by atoms with Crippen LogP contribution < -0.4 is 18.9 Å². The third-order valence-corrected chi connectivity index (χ3v) is 5.43. The molecule has 0 amide bonds. The molecule has 0 aliphatic heterocycles. The summed E-state index contributed by atoms with van der Waals surface area (Å²) in [6, 6.07) is 16.5. The SMILES string of the molecule is C=C(C)C(=O)Oc1ccc(/C=C/c2cc(OC=C(F)F)c(-c3ccc(OC)cc3)cc2OC(=O)C(=C)C)cc1.C=C(C)C=O. The van der Waals surface area contributed by atoms with Crippen molar-refractivity contribution in [2.24, 2.45) is 0 Å². The second kappa shape index (κ2) is 16.8. The van der Waals surface area contributed by atoms with Gasteiger partial charge in [0.25, 0.3) is 0 Å². The number of allylic oxidation sites excluding steroid dienone is 1. The summed E-state index contributed by atoms with van der Waals surface area (Å²) in [5.41, 5.74) is 3.14. The molecule has 0 unspecified atom stereocenters. The van der Waals surface area contributed by atoms with E-state index in [0.717, 1.165) is 11.8 Å². The lowest BCUT2D eigenvalue weighted by atomic mass is 10.0. The van der Waals surface area contributed by atoms with Crippen molar-refractivity contribution in [2.75, 3.05) is 7.11 Å². The molecule has 7 nitrogen and oxygen atoms in total. The Labute approximate surface area is 255 Å². The monoisotopic (exact) mass is 602 g/mol.